The summed E-state index contributed by atoms with van der Waals surface area (Å²) in [4.78, 5) is 31.7. The number of aromatic nitrogens is 2. The fourth-order valence-electron chi connectivity index (χ4n) is 2.41. The summed E-state index contributed by atoms with van der Waals surface area (Å²) >= 11 is 0. The lowest BCUT2D eigenvalue weighted by atomic mass is 10.1. The van der Waals surface area contributed by atoms with Crippen LogP contribution in [0.1, 0.15) is 25.5 Å². The molecule has 1 aromatic heterocycles. The van der Waals surface area contributed by atoms with Gasteiger partial charge in [-0.25, -0.2) is 14.6 Å². The maximum Gasteiger partial charge on any atom is 0.326 e. The maximum absolute atomic E-state index is 12.1. The van der Waals surface area contributed by atoms with Crippen LogP contribution in [0.5, 0.6) is 0 Å². The molecule has 1 aromatic rings. The van der Waals surface area contributed by atoms with Gasteiger partial charge in [0.15, 0.2) is 0 Å². The van der Waals surface area contributed by atoms with Crippen molar-refractivity contribution in [3.8, 4) is 0 Å². The van der Waals surface area contributed by atoms with Crippen molar-refractivity contribution in [2.75, 3.05) is 13.1 Å². The zero-order valence-corrected chi connectivity index (χ0v) is 11.5. The maximum atomic E-state index is 12.1. The van der Waals surface area contributed by atoms with E-state index in [2.05, 4.69) is 22.2 Å². The van der Waals surface area contributed by atoms with E-state index in [-0.39, 0.29) is 12.5 Å². The van der Waals surface area contributed by atoms with Gasteiger partial charge in [-0.15, -0.1) is 0 Å². The van der Waals surface area contributed by atoms with E-state index >= 15 is 0 Å². The van der Waals surface area contributed by atoms with Crippen LogP contribution in [-0.2, 0) is 11.2 Å². The number of nitrogens with one attached hydrogen (secondary N) is 2. The molecule has 1 aliphatic heterocycles. The van der Waals surface area contributed by atoms with E-state index in [1.807, 2.05) is 0 Å². The summed E-state index contributed by atoms with van der Waals surface area (Å²) in [7, 11) is 0. The number of aliphatic carboxylic acids is 1. The minimum Gasteiger partial charge on any atom is -0.480 e. The van der Waals surface area contributed by atoms with Crippen LogP contribution < -0.4 is 5.32 Å². The van der Waals surface area contributed by atoms with Gasteiger partial charge in [0.05, 0.1) is 6.33 Å². The highest BCUT2D eigenvalue weighted by atomic mass is 16.4. The van der Waals surface area contributed by atoms with E-state index in [0.717, 1.165) is 12.8 Å². The fourth-order valence-corrected chi connectivity index (χ4v) is 2.41. The molecule has 7 nitrogen and oxygen atoms in total. The molecule has 3 N–H and O–H groups in total. The molecule has 1 aliphatic rings. The van der Waals surface area contributed by atoms with Gasteiger partial charge in [0.25, 0.3) is 0 Å². The molecule has 0 aliphatic carbocycles. The number of imidazole rings is 1. The number of hydrogen-bond acceptors (Lipinski definition) is 3. The molecular formula is C13H20N4O3. The second-order valence-corrected chi connectivity index (χ2v) is 5.13. The van der Waals surface area contributed by atoms with Gasteiger partial charge in [-0.1, -0.05) is 13.3 Å². The van der Waals surface area contributed by atoms with Crippen LogP contribution in [0.15, 0.2) is 12.5 Å². The van der Waals surface area contributed by atoms with Gasteiger partial charge in [0.2, 0.25) is 0 Å². The van der Waals surface area contributed by atoms with Gasteiger partial charge in [-0.3, -0.25) is 0 Å². The van der Waals surface area contributed by atoms with Crippen LogP contribution >= 0.6 is 0 Å². The lowest BCUT2D eigenvalue weighted by molar-refractivity contribution is -0.139. The van der Waals surface area contributed by atoms with E-state index in [1.54, 1.807) is 11.1 Å². The van der Waals surface area contributed by atoms with Crippen molar-refractivity contribution < 1.29 is 14.7 Å². The van der Waals surface area contributed by atoms with Crippen molar-refractivity contribution in [1.29, 1.82) is 0 Å². The summed E-state index contributed by atoms with van der Waals surface area (Å²) < 4.78 is 0. The van der Waals surface area contributed by atoms with Crippen LogP contribution in [0.3, 0.4) is 0 Å². The first-order chi connectivity index (χ1) is 9.60. The van der Waals surface area contributed by atoms with Crippen molar-refractivity contribution in [3.05, 3.63) is 18.2 Å². The van der Waals surface area contributed by atoms with Crippen molar-refractivity contribution in [2.24, 2.45) is 5.92 Å². The standard InChI is InChI=1S/C13H20N4O3/c1-2-9-3-4-17(7-9)13(20)16-11(12(18)19)5-10-6-14-8-15-10/h6,8-9,11H,2-5,7H2,1H3,(H,14,15)(H,16,20)(H,18,19). The molecule has 110 valence electrons. The van der Waals surface area contributed by atoms with Gasteiger partial charge in [0, 0.05) is 31.4 Å². The molecule has 2 unspecified atom stereocenters. The molecular weight excluding hydrogens is 260 g/mol. The number of carbonyl (C=O) groups is 2. The van der Waals surface area contributed by atoms with Crippen molar-refractivity contribution in [2.45, 2.75) is 32.2 Å². The largest absolute Gasteiger partial charge is 0.480 e. The number of carbonyl (C=O) groups excluding carboxylic acids is 1. The zero-order chi connectivity index (χ0) is 14.5. The van der Waals surface area contributed by atoms with Crippen LogP contribution in [0.2, 0.25) is 0 Å². The molecule has 0 aromatic carbocycles. The smallest absolute Gasteiger partial charge is 0.326 e. The summed E-state index contributed by atoms with van der Waals surface area (Å²) in [6.07, 6.45) is 5.28. The van der Waals surface area contributed by atoms with Crippen LogP contribution in [0.4, 0.5) is 4.79 Å². The van der Waals surface area contributed by atoms with E-state index in [9.17, 15) is 14.7 Å². The Morgan fingerprint density at radius 3 is 3.00 bits per heavy atom. The third-order valence-electron chi connectivity index (χ3n) is 3.73. The molecule has 7 heteroatoms. The van der Waals surface area contributed by atoms with E-state index in [4.69, 9.17) is 0 Å². The second kappa shape index (κ2) is 6.40. The van der Waals surface area contributed by atoms with Gasteiger partial charge in [-0.2, -0.15) is 0 Å². The van der Waals surface area contributed by atoms with Crippen LogP contribution in [-0.4, -0.2) is 51.1 Å². The Bertz CT molecular complexity index is 460. The highest BCUT2D eigenvalue weighted by Gasteiger charge is 2.28. The summed E-state index contributed by atoms with van der Waals surface area (Å²) in [5.41, 5.74) is 0.686. The third kappa shape index (κ3) is 3.49. The number of carboxylic acids is 1. The number of nitrogens with zero attached hydrogens (tertiary/aromatic N) is 2. The van der Waals surface area contributed by atoms with Crippen molar-refractivity contribution in [3.63, 3.8) is 0 Å². The SMILES string of the molecule is CCC1CCN(C(=O)NC(Cc2cnc[nH]2)C(=O)O)C1. The lowest BCUT2D eigenvalue weighted by Gasteiger charge is -2.20. The van der Waals surface area contributed by atoms with Crippen molar-refractivity contribution >= 4 is 12.0 Å². The van der Waals surface area contributed by atoms with Gasteiger partial charge in [-0.05, 0) is 12.3 Å². The molecule has 0 bridgehead atoms. The quantitative estimate of drug-likeness (QED) is 0.744. The Labute approximate surface area is 117 Å². The molecule has 2 amide bonds. The van der Waals surface area contributed by atoms with Gasteiger partial charge >= 0.3 is 12.0 Å². The first-order valence-electron chi connectivity index (χ1n) is 6.85. The average Bonchev–Trinajstić information content (AvgIpc) is 3.08. The number of hydrogen-bond donors (Lipinski definition) is 3. The topological polar surface area (TPSA) is 98.3 Å². The summed E-state index contributed by atoms with van der Waals surface area (Å²) in [5.74, 6) is -0.518. The first kappa shape index (κ1) is 14.4. The van der Waals surface area contributed by atoms with Crippen LogP contribution in [0.25, 0.3) is 0 Å². The number of aromatic amines is 1. The molecule has 0 saturated carbocycles. The minimum atomic E-state index is -1.04. The third-order valence-corrected chi connectivity index (χ3v) is 3.73. The lowest BCUT2D eigenvalue weighted by Crippen LogP contribution is -2.48. The second-order valence-electron chi connectivity index (χ2n) is 5.13. The Hall–Kier alpha value is -2.05. The fraction of sp³-hybridized carbons (Fsp3) is 0.615. The van der Waals surface area contributed by atoms with E-state index < -0.39 is 12.0 Å². The highest BCUT2D eigenvalue weighted by Crippen LogP contribution is 2.18. The Morgan fingerprint density at radius 1 is 1.65 bits per heavy atom. The average molecular weight is 280 g/mol. The number of likely N-dealkylation sites (tertiary alicyclic amines) is 1. The molecule has 2 atom stereocenters. The monoisotopic (exact) mass is 280 g/mol. The number of urea groups is 1. The first-order valence-corrected chi connectivity index (χ1v) is 6.85. The number of H-pyrrole nitrogens is 1. The van der Waals surface area contributed by atoms with Crippen LogP contribution in [0, 0.1) is 5.92 Å². The molecule has 20 heavy (non-hydrogen) atoms. The molecule has 1 fully saturated rings. The molecule has 1 saturated heterocycles. The van der Waals surface area contributed by atoms with Crippen molar-refractivity contribution in [1.82, 2.24) is 20.2 Å². The molecule has 0 radical (unpaired) electrons. The normalized spacial score (nSPS) is 19.9. The zero-order valence-electron chi connectivity index (χ0n) is 11.5. The predicted molar refractivity (Wildman–Crippen MR) is 72.2 cm³/mol. The number of rotatable bonds is 5. The number of carboxylic acid groups (broad SMARTS) is 1. The Balaban J connectivity index is 1.91. The van der Waals surface area contributed by atoms with Gasteiger partial charge < -0.3 is 20.3 Å². The Morgan fingerprint density at radius 2 is 2.45 bits per heavy atom. The molecule has 2 heterocycles. The highest BCUT2D eigenvalue weighted by molar-refractivity contribution is 5.82. The minimum absolute atomic E-state index is 0.201. The summed E-state index contributed by atoms with van der Waals surface area (Å²) in [5, 5.41) is 11.8. The van der Waals surface area contributed by atoms with E-state index in [0.29, 0.717) is 24.7 Å². The summed E-state index contributed by atoms with van der Waals surface area (Å²) in [6.45, 7) is 3.50. The Kier molecular flexibility index (Phi) is 4.60. The van der Waals surface area contributed by atoms with E-state index in [1.165, 1.54) is 6.33 Å². The summed E-state index contributed by atoms with van der Waals surface area (Å²) in [6, 6.07) is -1.24. The number of amides is 2. The molecule has 0 spiro atoms. The van der Waals surface area contributed by atoms with Gasteiger partial charge in [0.1, 0.15) is 6.04 Å². The molecule has 2 rings (SSSR count). The predicted octanol–water partition coefficient (Wildman–Crippen LogP) is 0.847.